The molecular formula is C25H41BN2O3Si. The summed E-state index contributed by atoms with van der Waals surface area (Å²) in [5, 5.41) is 0.258. The topological polar surface area (TPSA) is 45.5 Å². The van der Waals surface area contributed by atoms with Crippen LogP contribution < -0.4 is 5.46 Å². The van der Waals surface area contributed by atoms with Gasteiger partial charge in [0.2, 0.25) is 0 Å². The molecule has 1 aromatic carbocycles. The van der Waals surface area contributed by atoms with Gasteiger partial charge in [0, 0.05) is 12.1 Å². The van der Waals surface area contributed by atoms with Gasteiger partial charge in [-0.15, -0.1) is 0 Å². The van der Waals surface area contributed by atoms with E-state index in [-0.39, 0.29) is 23.4 Å². The Labute approximate surface area is 195 Å². The third kappa shape index (κ3) is 4.34. The largest absolute Gasteiger partial charge is 0.494 e. The summed E-state index contributed by atoms with van der Waals surface area (Å²) in [6, 6.07) is 6.86. The van der Waals surface area contributed by atoms with Gasteiger partial charge in [-0.05, 0) is 89.1 Å². The Bertz CT molecular complexity index is 955. The van der Waals surface area contributed by atoms with Gasteiger partial charge in [0.25, 0.3) is 0 Å². The number of rotatable bonds is 4. The van der Waals surface area contributed by atoms with Gasteiger partial charge in [-0.1, -0.05) is 26.8 Å². The van der Waals surface area contributed by atoms with Crippen LogP contribution in [-0.2, 0) is 13.7 Å². The summed E-state index contributed by atoms with van der Waals surface area (Å²) < 4.78 is 21.6. The summed E-state index contributed by atoms with van der Waals surface area (Å²) in [5.74, 6) is 0. The highest BCUT2D eigenvalue weighted by atomic mass is 28.4. The van der Waals surface area contributed by atoms with E-state index in [9.17, 15) is 0 Å². The zero-order valence-electron chi connectivity index (χ0n) is 21.5. The Kier molecular flexibility index (Phi) is 5.97. The zero-order chi connectivity index (χ0) is 23.5. The number of aromatic nitrogens is 2. The van der Waals surface area contributed by atoms with E-state index in [4.69, 9.17) is 13.7 Å². The van der Waals surface area contributed by atoms with Crippen LogP contribution in [0, 0.1) is 0 Å². The van der Waals surface area contributed by atoms with Crippen molar-refractivity contribution in [2.45, 2.75) is 116 Å². The van der Waals surface area contributed by atoms with E-state index < -0.39 is 8.32 Å². The van der Waals surface area contributed by atoms with Crippen LogP contribution in [0.1, 0.15) is 80.2 Å². The smallest absolute Gasteiger partial charge is 0.414 e. The average molecular weight is 457 g/mol. The summed E-state index contributed by atoms with van der Waals surface area (Å²) in [7, 11) is -2.06. The Morgan fingerprint density at radius 2 is 1.62 bits per heavy atom. The number of hydrogen-bond acceptors (Lipinski definition) is 4. The number of fused-ring (bicyclic) bond motifs is 1. The number of benzene rings is 1. The molecule has 0 unspecified atom stereocenters. The third-order valence-corrected chi connectivity index (χ3v) is 13.0. The maximum atomic E-state index is 6.70. The number of imidazole rings is 1. The summed E-state index contributed by atoms with van der Waals surface area (Å²) in [5.41, 5.74) is 2.59. The Balaban J connectivity index is 1.49. The summed E-state index contributed by atoms with van der Waals surface area (Å²) in [6.45, 7) is 20.1. The second-order valence-corrected chi connectivity index (χ2v) is 17.1. The van der Waals surface area contributed by atoms with Crippen LogP contribution in [-0.4, -0.2) is 42.3 Å². The molecule has 0 N–H and O–H groups in total. The van der Waals surface area contributed by atoms with E-state index in [1.54, 1.807) is 0 Å². The molecule has 7 heteroatoms. The normalized spacial score (nSPS) is 26.1. The maximum Gasteiger partial charge on any atom is 0.494 e. The first-order valence-corrected chi connectivity index (χ1v) is 15.1. The standard InChI is InChI=1S/C25H41BN2O3Si/c1-23(2,3)32(8,9)29-20-13-11-19(12-14-20)28-17-27-21-15-10-18(16-22(21)28)26-30-24(4,5)25(6,7)31-26/h10,15-17,19-20H,11-14H2,1-9H3. The van der Waals surface area contributed by atoms with Crippen molar-refractivity contribution in [1.82, 2.24) is 9.55 Å². The lowest BCUT2D eigenvalue weighted by molar-refractivity contribution is 0.00578. The molecule has 0 spiro atoms. The first-order valence-electron chi connectivity index (χ1n) is 12.2. The van der Waals surface area contributed by atoms with Crippen molar-refractivity contribution in [2.75, 3.05) is 0 Å². The van der Waals surface area contributed by atoms with Gasteiger partial charge >= 0.3 is 7.12 Å². The SMILES string of the molecule is CC1(C)OB(c2ccc3ncn(C4CCC(O[Si](C)(C)C(C)(C)C)CC4)c3c2)OC1(C)C. The fraction of sp³-hybridized carbons (Fsp3) is 0.720. The molecule has 0 radical (unpaired) electrons. The molecule has 176 valence electrons. The molecule has 2 fully saturated rings. The molecule has 5 nitrogen and oxygen atoms in total. The van der Waals surface area contributed by atoms with Crippen molar-refractivity contribution in [2.24, 2.45) is 0 Å². The average Bonchev–Trinajstić information content (AvgIpc) is 3.18. The first kappa shape index (κ1) is 24.0. The monoisotopic (exact) mass is 456 g/mol. The molecule has 2 aliphatic rings. The molecule has 0 bridgehead atoms. The molecule has 0 atom stereocenters. The van der Waals surface area contributed by atoms with Crippen LogP contribution in [0.3, 0.4) is 0 Å². The fourth-order valence-electron chi connectivity index (χ4n) is 4.49. The van der Waals surface area contributed by atoms with Crippen molar-refractivity contribution < 1.29 is 13.7 Å². The lowest BCUT2D eigenvalue weighted by Crippen LogP contribution is -2.44. The van der Waals surface area contributed by atoms with Crippen LogP contribution in [0.25, 0.3) is 11.0 Å². The van der Waals surface area contributed by atoms with E-state index in [0.29, 0.717) is 12.1 Å². The summed E-state index contributed by atoms with van der Waals surface area (Å²) >= 11 is 0. The molecular weight excluding hydrogens is 415 g/mol. The zero-order valence-corrected chi connectivity index (χ0v) is 22.5. The molecule has 4 rings (SSSR count). The second-order valence-electron chi connectivity index (χ2n) is 12.3. The van der Waals surface area contributed by atoms with Crippen LogP contribution in [0.5, 0.6) is 0 Å². The fourth-order valence-corrected chi connectivity index (χ4v) is 5.92. The lowest BCUT2D eigenvalue weighted by atomic mass is 9.79. The highest BCUT2D eigenvalue weighted by molar-refractivity contribution is 6.74. The van der Waals surface area contributed by atoms with Crippen molar-refractivity contribution in [1.29, 1.82) is 0 Å². The third-order valence-electron chi connectivity index (χ3n) is 8.43. The minimum absolute atomic E-state index is 0.258. The molecule has 1 aromatic heterocycles. The van der Waals surface area contributed by atoms with Gasteiger partial charge in [0.05, 0.1) is 28.6 Å². The molecule has 32 heavy (non-hydrogen) atoms. The van der Waals surface area contributed by atoms with Crippen molar-refractivity contribution in [3.63, 3.8) is 0 Å². The summed E-state index contributed by atoms with van der Waals surface area (Å²) in [4.78, 5) is 4.69. The van der Waals surface area contributed by atoms with Crippen molar-refractivity contribution in [3.05, 3.63) is 24.5 Å². The van der Waals surface area contributed by atoms with Crippen molar-refractivity contribution in [3.8, 4) is 0 Å². The van der Waals surface area contributed by atoms with Gasteiger partial charge in [-0.25, -0.2) is 4.98 Å². The highest BCUT2D eigenvalue weighted by Crippen LogP contribution is 2.41. The van der Waals surface area contributed by atoms with Gasteiger partial charge in [-0.3, -0.25) is 0 Å². The van der Waals surface area contributed by atoms with Gasteiger partial charge in [0.15, 0.2) is 8.32 Å². The minimum atomic E-state index is -1.72. The number of hydrogen-bond donors (Lipinski definition) is 0. The Morgan fingerprint density at radius 1 is 1.03 bits per heavy atom. The van der Waals surface area contributed by atoms with E-state index in [0.717, 1.165) is 36.7 Å². The Hall–Kier alpha value is -1.15. The molecule has 1 aliphatic carbocycles. The maximum absolute atomic E-state index is 6.70. The minimum Gasteiger partial charge on any atom is -0.414 e. The first-order chi connectivity index (χ1) is 14.7. The molecule has 1 saturated heterocycles. The predicted molar refractivity (Wildman–Crippen MR) is 135 cm³/mol. The van der Waals surface area contributed by atoms with Crippen LogP contribution >= 0.6 is 0 Å². The van der Waals surface area contributed by atoms with Crippen molar-refractivity contribution >= 4 is 31.9 Å². The van der Waals surface area contributed by atoms with Gasteiger partial charge < -0.3 is 18.3 Å². The molecule has 2 heterocycles. The lowest BCUT2D eigenvalue weighted by Gasteiger charge is -2.41. The van der Waals surface area contributed by atoms with E-state index in [1.807, 2.05) is 6.33 Å². The second kappa shape index (κ2) is 7.97. The van der Waals surface area contributed by atoms with E-state index in [1.165, 1.54) is 5.52 Å². The summed E-state index contributed by atoms with van der Waals surface area (Å²) in [6.07, 6.45) is 6.90. The van der Waals surface area contributed by atoms with Crippen LogP contribution in [0.2, 0.25) is 18.1 Å². The van der Waals surface area contributed by atoms with Crippen LogP contribution in [0.15, 0.2) is 24.5 Å². The van der Waals surface area contributed by atoms with Gasteiger partial charge in [0.1, 0.15) is 0 Å². The predicted octanol–water partition coefficient (Wildman–Crippen LogP) is 5.84. The molecule has 0 amide bonds. The molecule has 1 saturated carbocycles. The molecule has 2 aromatic rings. The van der Waals surface area contributed by atoms with Gasteiger partial charge in [-0.2, -0.15) is 0 Å². The van der Waals surface area contributed by atoms with E-state index in [2.05, 4.69) is 89.3 Å². The Morgan fingerprint density at radius 3 is 2.19 bits per heavy atom. The number of nitrogens with zero attached hydrogens (tertiary/aromatic N) is 2. The van der Waals surface area contributed by atoms with E-state index >= 15 is 0 Å². The van der Waals surface area contributed by atoms with Crippen LogP contribution in [0.4, 0.5) is 0 Å². The molecule has 1 aliphatic heterocycles. The highest BCUT2D eigenvalue weighted by Gasteiger charge is 2.51. The quantitative estimate of drug-likeness (QED) is 0.542.